The summed E-state index contributed by atoms with van der Waals surface area (Å²) in [5, 5.41) is 6.15. The molecule has 0 amide bonds. The van der Waals surface area contributed by atoms with Crippen LogP contribution in [-0.2, 0) is 0 Å². The van der Waals surface area contributed by atoms with Crippen LogP contribution in [0.1, 0.15) is 19.4 Å². The highest BCUT2D eigenvalue weighted by molar-refractivity contribution is 5.57. The van der Waals surface area contributed by atoms with E-state index in [0.717, 1.165) is 17.2 Å². The Bertz CT molecular complexity index is 340. The predicted molar refractivity (Wildman–Crippen MR) is 59.4 cm³/mol. The summed E-state index contributed by atoms with van der Waals surface area (Å²) in [6.07, 6.45) is 3.47. The molecule has 4 heteroatoms. The molecule has 14 heavy (non-hydrogen) atoms. The Morgan fingerprint density at radius 3 is 2.50 bits per heavy atom. The van der Waals surface area contributed by atoms with Gasteiger partial charge in [-0.3, -0.25) is 0 Å². The molecule has 2 N–H and O–H groups in total. The van der Waals surface area contributed by atoms with Crippen molar-refractivity contribution in [3.63, 3.8) is 0 Å². The van der Waals surface area contributed by atoms with Gasteiger partial charge in [0.2, 0.25) is 0 Å². The van der Waals surface area contributed by atoms with Crippen LogP contribution in [-0.4, -0.2) is 17.0 Å². The fourth-order valence-corrected chi connectivity index (χ4v) is 1.06. The van der Waals surface area contributed by atoms with Crippen molar-refractivity contribution in [2.75, 3.05) is 17.7 Å². The van der Waals surface area contributed by atoms with E-state index in [1.165, 1.54) is 5.57 Å². The highest BCUT2D eigenvalue weighted by atomic mass is 15.1. The van der Waals surface area contributed by atoms with Crippen molar-refractivity contribution >= 4 is 11.6 Å². The van der Waals surface area contributed by atoms with Gasteiger partial charge in [-0.1, -0.05) is 5.57 Å². The monoisotopic (exact) mass is 192 g/mol. The van der Waals surface area contributed by atoms with Crippen molar-refractivity contribution in [3.8, 4) is 0 Å². The van der Waals surface area contributed by atoms with Crippen LogP contribution in [0.25, 0.3) is 0 Å². The van der Waals surface area contributed by atoms with Crippen molar-refractivity contribution in [1.29, 1.82) is 0 Å². The normalized spacial score (nSPS) is 9.43. The van der Waals surface area contributed by atoms with Crippen molar-refractivity contribution in [2.24, 2.45) is 0 Å². The maximum absolute atomic E-state index is 4.15. The van der Waals surface area contributed by atoms with Crippen LogP contribution in [0.4, 0.5) is 11.6 Å². The molecule has 0 radical (unpaired) electrons. The number of allylic oxidation sites excluding steroid dienone is 1. The average Bonchev–Trinajstić information content (AvgIpc) is 2.16. The van der Waals surface area contributed by atoms with E-state index in [2.05, 4.69) is 20.6 Å². The first-order chi connectivity index (χ1) is 6.65. The lowest BCUT2D eigenvalue weighted by molar-refractivity contribution is 1.12. The lowest BCUT2D eigenvalue weighted by Gasteiger charge is -2.08. The van der Waals surface area contributed by atoms with Gasteiger partial charge < -0.3 is 10.6 Å². The quantitative estimate of drug-likeness (QED) is 0.770. The molecule has 1 aromatic rings. The number of anilines is 2. The molecular formula is C10H16N4. The van der Waals surface area contributed by atoms with E-state index in [1.807, 2.05) is 34.0 Å². The van der Waals surface area contributed by atoms with Crippen LogP contribution in [0.2, 0.25) is 0 Å². The SMILES string of the molecule is CNc1ncnc(NC=C(C)C)c1C. The summed E-state index contributed by atoms with van der Waals surface area (Å²) in [5.41, 5.74) is 2.22. The molecule has 0 aliphatic carbocycles. The van der Waals surface area contributed by atoms with E-state index in [4.69, 9.17) is 0 Å². The predicted octanol–water partition coefficient (Wildman–Crippen LogP) is 2.16. The first kappa shape index (κ1) is 10.5. The molecule has 0 bridgehead atoms. The van der Waals surface area contributed by atoms with Gasteiger partial charge in [0.25, 0.3) is 0 Å². The second-order valence-electron chi connectivity index (χ2n) is 3.31. The van der Waals surface area contributed by atoms with Crippen LogP contribution in [0, 0.1) is 6.92 Å². The van der Waals surface area contributed by atoms with E-state index in [9.17, 15) is 0 Å². The third-order valence-electron chi connectivity index (χ3n) is 1.82. The highest BCUT2D eigenvalue weighted by Gasteiger charge is 2.02. The third-order valence-corrected chi connectivity index (χ3v) is 1.82. The van der Waals surface area contributed by atoms with E-state index in [0.29, 0.717) is 0 Å². The fraction of sp³-hybridized carbons (Fsp3) is 0.400. The first-order valence-corrected chi connectivity index (χ1v) is 4.54. The van der Waals surface area contributed by atoms with Crippen molar-refractivity contribution in [3.05, 3.63) is 23.7 Å². The number of nitrogens with zero attached hydrogens (tertiary/aromatic N) is 2. The topological polar surface area (TPSA) is 49.8 Å². The second kappa shape index (κ2) is 4.60. The molecule has 0 spiro atoms. The smallest absolute Gasteiger partial charge is 0.138 e. The highest BCUT2D eigenvalue weighted by Crippen LogP contribution is 2.17. The molecule has 0 saturated heterocycles. The zero-order valence-corrected chi connectivity index (χ0v) is 9.05. The third kappa shape index (κ3) is 2.45. The summed E-state index contributed by atoms with van der Waals surface area (Å²) in [6.45, 7) is 6.04. The van der Waals surface area contributed by atoms with Crippen LogP contribution in [0.3, 0.4) is 0 Å². The molecule has 1 aromatic heterocycles. The van der Waals surface area contributed by atoms with Gasteiger partial charge >= 0.3 is 0 Å². The summed E-state index contributed by atoms with van der Waals surface area (Å²) in [7, 11) is 1.85. The van der Waals surface area contributed by atoms with Crippen LogP contribution < -0.4 is 10.6 Å². The Hall–Kier alpha value is -1.58. The van der Waals surface area contributed by atoms with Gasteiger partial charge in [-0.25, -0.2) is 9.97 Å². The van der Waals surface area contributed by atoms with Gasteiger partial charge in [0.1, 0.15) is 18.0 Å². The van der Waals surface area contributed by atoms with Gasteiger partial charge in [-0.05, 0) is 20.8 Å². The van der Waals surface area contributed by atoms with E-state index < -0.39 is 0 Å². The van der Waals surface area contributed by atoms with Crippen molar-refractivity contribution < 1.29 is 0 Å². The summed E-state index contributed by atoms with van der Waals surface area (Å²) >= 11 is 0. The maximum atomic E-state index is 4.15. The Morgan fingerprint density at radius 1 is 1.29 bits per heavy atom. The summed E-state index contributed by atoms with van der Waals surface area (Å²) in [4.78, 5) is 8.25. The Kier molecular flexibility index (Phi) is 3.45. The zero-order valence-electron chi connectivity index (χ0n) is 9.05. The zero-order chi connectivity index (χ0) is 10.6. The van der Waals surface area contributed by atoms with Crippen molar-refractivity contribution in [1.82, 2.24) is 9.97 Å². The minimum Gasteiger partial charge on any atom is -0.373 e. The molecule has 0 aliphatic rings. The number of rotatable bonds is 3. The van der Waals surface area contributed by atoms with Gasteiger partial charge in [0.15, 0.2) is 0 Å². The number of hydrogen-bond acceptors (Lipinski definition) is 4. The Morgan fingerprint density at radius 2 is 1.93 bits per heavy atom. The number of aromatic nitrogens is 2. The number of hydrogen-bond donors (Lipinski definition) is 2. The molecule has 0 aliphatic heterocycles. The van der Waals surface area contributed by atoms with Crippen LogP contribution in [0.15, 0.2) is 18.1 Å². The molecule has 76 valence electrons. The lowest BCUT2D eigenvalue weighted by Crippen LogP contribution is -2.02. The second-order valence-corrected chi connectivity index (χ2v) is 3.31. The molecular weight excluding hydrogens is 176 g/mol. The summed E-state index contributed by atoms with van der Waals surface area (Å²) < 4.78 is 0. The minimum absolute atomic E-state index is 0.838. The number of nitrogens with one attached hydrogen (secondary N) is 2. The molecule has 0 saturated carbocycles. The Balaban J connectivity index is 2.92. The van der Waals surface area contributed by atoms with Gasteiger partial charge in [-0.15, -0.1) is 0 Å². The molecule has 1 heterocycles. The molecule has 0 atom stereocenters. The Labute approximate surface area is 84.5 Å². The summed E-state index contributed by atoms with van der Waals surface area (Å²) in [6, 6.07) is 0. The van der Waals surface area contributed by atoms with Gasteiger partial charge in [0, 0.05) is 18.8 Å². The fourth-order valence-electron chi connectivity index (χ4n) is 1.06. The molecule has 0 aromatic carbocycles. The van der Waals surface area contributed by atoms with E-state index in [-0.39, 0.29) is 0 Å². The maximum Gasteiger partial charge on any atom is 0.138 e. The standard InChI is InChI=1S/C10H16N4/c1-7(2)5-12-10-8(3)9(11-4)13-6-14-10/h5-6H,1-4H3,(H2,11,12,13,14). The van der Waals surface area contributed by atoms with E-state index in [1.54, 1.807) is 6.33 Å². The van der Waals surface area contributed by atoms with Crippen molar-refractivity contribution in [2.45, 2.75) is 20.8 Å². The molecule has 0 unspecified atom stereocenters. The average molecular weight is 192 g/mol. The summed E-state index contributed by atoms with van der Waals surface area (Å²) in [5.74, 6) is 1.69. The molecule has 4 nitrogen and oxygen atoms in total. The largest absolute Gasteiger partial charge is 0.373 e. The van der Waals surface area contributed by atoms with Gasteiger partial charge in [0.05, 0.1) is 0 Å². The lowest BCUT2D eigenvalue weighted by atomic mass is 10.3. The van der Waals surface area contributed by atoms with E-state index >= 15 is 0 Å². The van der Waals surface area contributed by atoms with Gasteiger partial charge in [-0.2, -0.15) is 0 Å². The van der Waals surface area contributed by atoms with Crippen LogP contribution in [0.5, 0.6) is 0 Å². The molecule has 1 rings (SSSR count). The minimum atomic E-state index is 0.838. The van der Waals surface area contributed by atoms with Crippen LogP contribution >= 0.6 is 0 Å². The molecule has 0 fully saturated rings. The first-order valence-electron chi connectivity index (χ1n) is 4.54.